The number of benzene rings is 1. The van der Waals surface area contributed by atoms with E-state index in [4.69, 9.17) is 10.4 Å². The molecule has 0 spiro atoms. The summed E-state index contributed by atoms with van der Waals surface area (Å²) in [5.41, 5.74) is 0.728. The summed E-state index contributed by atoms with van der Waals surface area (Å²) in [6, 6.07) is 8.05. The Labute approximate surface area is 136 Å². The summed E-state index contributed by atoms with van der Waals surface area (Å²) < 4.78 is 40.2. The number of aliphatic carboxylic acids is 1. The highest BCUT2D eigenvalue weighted by molar-refractivity contribution is 5.96. The fraction of sp³-hybridized carbons (Fsp3) is 0.176. The van der Waals surface area contributed by atoms with Gasteiger partial charge >= 0.3 is 12.1 Å². The second-order valence-electron chi connectivity index (χ2n) is 5.18. The summed E-state index contributed by atoms with van der Waals surface area (Å²) >= 11 is 0. The first-order chi connectivity index (χ1) is 11.1. The maximum atomic E-state index is 12.9. The van der Waals surface area contributed by atoms with Gasteiger partial charge in [-0.2, -0.15) is 18.4 Å². The molecule has 0 bridgehead atoms. The van der Waals surface area contributed by atoms with E-state index in [-0.39, 0.29) is 0 Å². The lowest BCUT2D eigenvalue weighted by atomic mass is 10.1. The molecule has 1 aromatic carbocycles. The van der Waals surface area contributed by atoms with Crippen LogP contribution in [0.3, 0.4) is 0 Å². The average molecular weight is 334 g/mol. The molecular weight excluding hydrogens is 321 g/mol. The van der Waals surface area contributed by atoms with Crippen molar-refractivity contribution in [2.24, 2.45) is 0 Å². The van der Waals surface area contributed by atoms with E-state index in [1.165, 1.54) is 18.2 Å². The van der Waals surface area contributed by atoms with Crippen molar-refractivity contribution >= 4 is 12.0 Å². The zero-order chi connectivity index (χ0) is 18.1. The first-order valence-electron chi connectivity index (χ1n) is 6.87. The molecule has 0 amide bonds. The van der Waals surface area contributed by atoms with E-state index < -0.39 is 23.3 Å². The van der Waals surface area contributed by atoms with Crippen molar-refractivity contribution in [2.45, 2.75) is 20.0 Å². The zero-order valence-corrected chi connectivity index (χ0v) is 12.8. The molecular formula is C17H13F3N2O2. The second kappa shape index (κ2) is 6.24. The van der Waals surface area contributed by atoms with Gasteiger partial charge in [-0.05, 0) is 49.8 Å². The molecule has 0 fully saturated rings. The van der Waals surface area contributed by atoms with Crippen molar-refractivity contribution in [1.82, 2.24) is 4.57 Å². The molecule has 7 heteroatoms. The minimum absolute atomic E-state index is 0.313. The quantitative estimate of drug-likeness (QED) is 0.679. The summed E-state index contributed by atoms with van der Waals surface area (Å²) in [5, 5.41) is 17.8. The molecule has 1 N–H and O–H groups in total. The Hall–Kier alpha value is -3.01. The van der Waals surface area contributed by atoms with Crippen LogP contribution >= 0.6 is 0 Å². The molecule has 0 aliphatic heterocycles. The highest BCUT2D eigenvalue weighted by atomic mass is 19.4. The maximum Gasteiger partial charge on any atom is 0.416 e. The Morgan fingerprint density at radius 1 is 1.29 bits per heavy atom. The number of halogens is 3. The Balaban J connectivity index is 2.59. The van der Waals surface area contributed by atoms with Crippen molar-refractivity contribution in [3.8, 4) is 11.8 Å². The molecule has 1 heterocycles. The van der Waals surface area contributed by atoms with E-state index >= 15 is 0 Å². The molecule has 0 saturated heterocycles. The number of rotatable bonds is 3. The lowest BCUT2D eigenvalue weighted by Crippen LogP contribution is -2.07. The lowest BCUT2D eigenvalue weighted by molar-refractivity contribution is -0.137. The van der Waals surface area contributed by atoms with Crippen molar-refractivity contribution in [3.05, 3.63) is 58.4 Å². The maximum absolute atomic E-state index is 12.9. The normalized spacial score (nSPS) is 12.1. The van der Waals surface area contributed by atoms with E-state index in [9.17, 15) is 18.0 Å². The van der Waals surface area contributed by atoms with E-state index in [1.54, 1.807) is 30.6 Å². The molecule has 2 rings (SSSR count). The number of hydrogen-bond donors (Lipinski definition) is 1. The lowest BCUT2D eigenvalue weighted by Gasteiger charge is -2.13. The van der Waals surface area contributed by atoms with Crippen LogP contribution < -0.4 is 0 Å². The van der Waals surface area contributed by atoms with Crippen LogP contribution in [0.4, 0.5) is 13.2 Å². The molecule has 4 nitrogen and oxygen atoms in total. The predicted molar refractivity (Wildman–Crippen MR) is 81.5 cm³/mol. The third kappa shape index (κ3) is 3.33. The van der Waals surface area contributed by atoms with Crippen LogP contribution in [0.2, 0.25) is 0 Å². The SMILES string of the molecule is Cc1cc(/C=C(/C#N)C(=O)O)c(C)n1-c1cccc(C(F)(F)F)c1. The highest BCUT2D eigenvalue weighted by Gasteiger charge is 2.30. The van der Waals surface area contributed by atoms with Gasteiger partial charge in [-0.25, -0.2) is 4.79 Å². The van der Waals surface area contributed by atoms with Gasteiger partial charge in [-0.1, -0.05) is 6.07 Å². The molecule has 0 radical (unpaired) electrons. The minimum Gasteiger partial charge on any atom is -0.477 e. The molecule has 2 aromatic rings. The number of carboxylic acids is 1. The van der Waals surface area contributed by atoms with E-state index in [0.717, 1.165) is 12.1 Å². The van der Waals surface area contributed by atoms with Gasteiger partial charge in [0.2, 0.25) is 0 Å². The Bertz CT molecular complexity index is 871. The van der Waals surface area contributed by atoms with Crippen molar-refractivity contribution in [2.75, 3.05) is 0 Å². The number of carboxylic acid groups (broad SMARTS) is 1. The third-order valence-electron chi connectivity index (χ3n) is 3.55. The van der Waals surface area contributed by atoms with Crippen molar-refractivity contribution in [3.63, 3.8) is 0 Å². The number of aryl methyl sites for hydroxylation is 1. The number of hydrogen-bond acceptors (Lipinski definition) is 2. The van der Waals surface area contributed by atoms with Gasteiger partial charge in [0.15, 0.2) is 0 Å². The van der Waals surface area contributed by atoms with E-state index in [0.29, 0.717) is 22.6 Å². The molecule has 0 aliphatic rings. The van der Waals surface area contributed by atoms with Crippen molar-refractivity contribution < 1.29 is 23.1 Å². The first kappa shape index (κ1) is 17.3. The number of aromatic nitrogens is 1. The van der Waals surface area contributed by atoms with Crippen molar-refractivity contribution in [1.29, 1.82) is 5.26 Å². The van der Waals surface area contributed by atoms with E-state index in [1.807, 2.05) is 0 Å². The van der Waals surface area contributed by atoms with Crippen LogP contribution in [-0.4, -0.2) is 15.6 Å². The molecule has 124 valence electrons. The minimum atomic E-state index is -4.45. The van der Waals surface area contributed by atoms with Gasteiger partial charge in [0.05, 0.1) is 5.56 Å². The summed E-state index contributed by atoms with van der Waals surface area (Å²) in [6.07, 6.45) is -3.25. The summed E-state index contributed by atoms with van der Waals surface area (Å²) in [6.45, 7) is 3.34. The molecule has 1 aromatic heterocycles. The molecule has 24 heavy (non-hydrogen) atoms. The molecule has 0 aliphatic carbocycles. The van der Waals surface area contributed by atoms with Gasteiger partial charge < -0.3 is 9.67 Å². The van der Waals surface area contributed by atoms with Gasteiger partial charge in [0.25, 0.3) is 0 Å². The monoisotopic (exact) mass is 334 g/mol. The van der Waals surface area contributed by atoms with Gasteiger partial charge in [-0.3, -0.25) is 0 Å². The third-order valence-corrected chi connectivity index (χ3v) is 3.55. The summed E-state index contributed by atoms with van der Waals surface area (Å²) in [4.78, 5) is 10.9. The second-order valence-corrected chi connectivity index (χ2v) is 5.18. The number of alkyl halides is 3. The zero-order valence-electron chi connectivity index (χ0n) is 12.8. The van der Waals surface area contributed by atoms with Crippen LogP contribution in [0.25, 0.3) is 11.8 Å². The number of carbonyl (C=O) groups is 1. The Kier molecular flexibility index (Phi) is 4.51. The topological polar surface area (TPSA) is 66.0 Å². The Morgan fingerprint density at radius 3 is 2.50 bits per heavy atom. The smallest absolute Gasteiger partial charge is 0.416 e. The molecule has 0 atom stereocenters. The van der Waals surface area contributed by atoms with Gasteiger partial charge in [-0.15, -0.1) is 0 Å². The van der Waals surface area contributed by atoms with E-state index in [2.05, 4.69) is 0 Å². The predicted octanol–water partition coefficient (Wildman–Crippen LogP) is 4.10. The summed E-state index contributed by atoms with van der Waals surface area (Å²) in [5.74, 6) is -1.36. The number of nitrogens with zero attached hydrogens (tertiary/aromatic N) is 2. The molecule has 0 saturated carbocycles. The standard InChI is InChI=1S/C17H13F3N2O2/c1-10-6-12(7-13(9-21)16(23)24)11(2)22(10)15-5-3-4-14(8-15)17(18,19)20/h3-8H,1-2H3,(H,23,24)/b13-7-. The summed E-state index contributed by atoms with van der Waals surface area (Å²) in [7, 11) is 0. The fourth-order valence-corrected chi connectivity index (χ4v) is 2.45. The van der Waals surface area contributed by atoms with Crippen LogP contribution in [0.15, 0.2) is 35.9 Å². The Morgan fingerprint density at radius 2 is 1.96 bits per heavy atom. The largest absolute Gasteiger partial charge is 0.477 e. The van der Waals surface area contributed by atoms with Crippen LogP contribution in [0.1, 0.15) is 22.5 Å². The first-order valence-corrected chi connectivity index (χ1v) is 6.87. The van der Waals surface area contributed by atoms with Crippen LogP contribution in [0, 0.1) is 25.2 Å². The fourth-order valence-electron chi connectivity index (χ4n) is 2.45. The average Bonchev–Trinajstić information content (AvgIpc) is 2.77. The van der Waals surface area contributed by atoms with Gasteiger partial charge in [0, 0.05) is 17.1 Å². The van der Waals surface area contributed by atoms with Gasteiger partial charge in [0.1, 0.15) is 11.6 Å². The van der Waals surface area contributed by atoms with Crippen LogP contribution in [0.5, 0.6) is 0 Å². The highest BCUT2D eigenvalue weighted by Crippen LogP contribution is 2.31. The number of nitriles is 1. The van der Waals surface area contributed by atoms with Crippen LogP contribution in [-0.2, 0) is 11.0 Å². The molecule has 0 unspecified atom stereocenters.